The summed E-state index contributed by atoms with van der Waals surface area (Å²) in [6.07, 6.45) is -4.99. The van der Waals surface area contributed by atoms with E-state index in [0.29, 0.717) is 34.9 Å². The Morgan fingerprint density at radius 2 is 1.70 bits per heavy atom. The summed E-state index contributed by atoms with van der Waals surface area (Å²) in [5.41, 5.74) is 8.24. The quantitative estimate of drug-likeness (QED) is 0.303. The number of halogens is 1. The van der Waals surface area contributed by atoms with Gasteiger partial charge in [-0.3, -0.25) is 4.79 Å². The van der Waals surface area contributed by atoms with Gasteiger partial charge in [0.2, 0.25) is 5.91 Å². The molecule has 196 valence electrons. The van der Waals surface area contributed by atoms with Gasteiger partial charge in [-0.1, -0.05) is 35.9 Å². The summed E-state index contributed by atoms with van der Waals surface area (Å²) in [6, 6.07) is 19.9. The van der Waals surface area contributed by atoms with E-state index in [2.05, 4.69) is 0 Å². The third-order valence-corrected chi connectivity index (χ3v) is 7.76. The molecule has 0 saturated carbocycles. The molecular weight excluding hydrogens is 514 g/mol. The standard InChI is InChI=1S/C28H30ClNO6S/c1-2-35-20-8-3-16(4-9-20)13-19-14-18(7-12-22(19)29)27-26(33)25(32)24(31)23(36-27)15-37-21-10-5-17(6-11-21)28(30)34/h3-12,14,23-27,31-33H,2,13,15H2,1H3,(H2,30,34)/t23-,24-,25+,26-,27+/m1/s1. The number of hydrogen-bond acceptors (Lipinski definition) is 7. The summed E-state index contributed by atoms with van der Waals surface area (Å²) < 4.78 is 11.6. The molecule has 0 bridgehead atoms. The van der Waals surface area contributed by atoms with E-state index in [-0.39, 0.29) is 0 Å². The molecule has 5 atom stereocenters. The summed E-state index contributed by atoms with van der Waals surface area (Å²) >= 11 is 7.88. The van der Waals surface area contributed by atoms with Crippen molar-refractivity contribution in [3.05, 3.63) is 94.0 Å². The molecule has 1 saturated heterocycles. The molecule has 0 radical (unpaired) electrons. The van der Waals surface area contributed by atoms with Crippen LogP contribution in [0.25, 0.3) is 0 Å². The Balaban J connectivity index is 1.48. The fourth-order valence-corrected chi connectivity index (χ4v) is 5.40. The van der Waals surface area contributed by atoms with E-state index < -0.39 is 36.4 Å². The van der Waals surface area contributed by atoms with Crippen LogP contribution in [0.4, 0.5) is 0 Å². The molecule has 1 aliphatic rings. The Hall–Kier alpha value is -2.59. The summed E-state index contributed by atoms with van der Waals surface area (Å²) in [7, 11) is 0. The number of thioether (sulfide) groups is 1. The number of hydrogen-bond donors (Lipinski definition) is 4. The van der Waals surface area contributed by atoms with Crippen LogP contribution in [-0.2, 0) is 11.2 Å². The minimum absolute atomic E-state index is 0.323. The maximum atomic E-state index is 11.3. The third-order valence-electron chi connectivity index (χ3n) is 6.29. The van der Waals surface area contributed by atoms with E-state index in [1.165, 1.54) is 11.8 Å². The zero-order valence-corrected chi connectivity index (χ0v) is 21.9. The second kappa shape index (κ2) is 12.3. The molecule has 0 aliphatic carbocycles. The lowest BCUT2D eigenvalue weighted by Crippen LogP contribution is -2.54. The Morgan fingerprint density at radius 1 is 1.00 bits per heavy atom. The molecule has 5 N–H and O–H groups in total. The van der Waals surface area contributed by atoms with Gasteiger partial charge in [0, 0.05) is 21.2 Å². The lowest BCUT2D eigenvalue weighted by atomic mass is 9.90. The molecule has 4 rings (SSSR count). The Morgan fingerprint density at radius 3 is 2.35 bits per heavy atom. The topological polar surface area (TPSA) is 122 Å². The summed E-state index contributed by atoms with van der Waals surface area (Å²) in [4.78, 5) is 12.1. The first-order chi connectivity index (χ1) is 17.8. The minimum atomic E-state index is -1.38. The van der Waals surface area contributed by atoms with Gasteiger partial charge in [-0.2, -0.15) is 0 Å². The van der Waals surface area contributed by atoms with Crippen molar-refractivity contribution in [2.75, 3.05) is 12.4 Å². The highest BCUT2D eigenvalue weighted by atomic mass is 35.5. The molecule has 1 fully saturated rings. The van der Waals surface area contributed by atoms with Crippen LogP contribution in [-0.4, -0.2) is 58.0 Å². The molecule has 7 nitrogen and oxygen atoms in total. The van der Waals surface area contributed by atoms with Gasteiger partial charge in [-0.25, -0.2) is 0 Å². The number of aliphatic hydroxyl groups excluding tert-OH is 3. The normalized spacial score (nSPS) is 23.5. The number of ether oxygens (including phenoxy) is 2. The molecule has 3 aromatic rings. The average Bonchev–Trinajstić information content (AvgIpc) is 2.90. The molecule has 1 amide bonds. The summed E-state index contributed by atoms with van der Waals surface area (Å²) in [6.45, 7) is 2.53. The zero-order valence-electron chi connectivity index (χ0n) is 20.3. The first kappa shape index (κ1) is 27.4. The van der Waals surface area contributed by atoms with Crippen molar-refractivity contribution in [1.29, 1.82) is 0 Å². The molecular formula is C28H30ClNO6S. The number of primary amides is 1. The smallest absolute Gasteiger partial charge is 0.248 e. The molecule has 1 aliphatic heterocycles. The number of rotatable bonds is 9. The van der Waals surface area contributed by atoms with E-state index in [0.717, 1.165) is 21.8 Å². The van der Waals surface area contributed by atoms with Crippen molar-refractivity contribution >= 4 is 29.3 Å². The van der Waals surface area contributed by atoms with Gasteiger partial charge < -0.3 is 30.5 Å². The van der Waals surface area contributed by atoms with Crippen LogP contribution in [0, 0.1) is 0 Å². The van der Waals surface area contributed by atoms with E-state index in [1.807, 2.05) is 37.3 Å². The van der Waals surface area contributed by atoms with Gasteiger partial charge in [-0.15, -0.1) is 11.8 Å². The van der Waals surface area contributed by atoms with Gasteiger partial charge in [0.25, 0.3) is 0 Å². The molecule has 37 heavy (non-hydrogen) atoms. The third kappa shape index (κ3) is 6.65. The van der Waals surface area contributed by atoms with Crippen LogP contribution < -0.4 is 10.5 Å². The van der Waals surface area contributed by atoms with E-state index >= 15 is 0 Å². The number of carbonyl (C=O) groups excluding carboxylic acids is 1. The first-order valence-corrected chi connectivity index (χ1v) is 13.4. The van der Waals surface area contributed by atoms with Gasteiger partial charge in [0.1, 0.15) is 30.2 Å². The van der Waals surface area contributed by atoms with Crippen molar-refractivity contribution < 1.29 is 29.6 Å². The number of nitrogens with two attached hydrogens (primary N) is 1. The van der Waals surface area contributed by atoms with Crippen molar-refractivity contribution in [1.82, 2.24) is 0 Å². The van der Waals surface area contributed by atoms with E-state index in [1.54, 1.807) is 36.4 Å². The maximum absolute atomic E-state index is 11.3. The Labute approximate surface area is 225 Å². The number of carbonyl (C=O) groups is 1. The number of benzene rings is 3. The first-order valence-electron chi connectivity index (χ1n) is 12.0. The molecule has 0 spiro atoms. The van der Waals surface area contributed by atoms with Crippen LogP contribution in [0.3, 0.4) is 0 Å². The van der Waals surface area contributed by atoms with Crippen molar-refractivity contribution in [3.63, 3.8) is 0 Å². The fraction of sp³-hybridized carbons (Fsp3) is 0.321. The van der Waals surface area contributed by atoms with Crippen molar-refractivity contribution in [3.8, 4) is 5.75 Å². The van der Waals surface area contributed by atoms with Crippen LogP contribution in [0.5, 0.6) is 5.75 Å². The lowest BCUT2D eigenvalue weighted by Gasteiger charge is -2.41. The number of amides is 1. The van der Waals surface area contributed by atoms with Gasteiger partial charge in [0.15, 0.2) is 0 Å². The predicted octanol–water partition coefficient (Wildman–Crippen LogP) is 3.74. The minimum Gasteiger partial charge on any atom is -0.494 e. The van der Waals surface area contributed by atoms with Crippen molar-refractivity contribution in [2.45, 2.75) is 48.8 Å². The highest BCUT2D eigenvalue weighted by molar-refractivity contribution is 7.99. The molecule has 9 heteroatoms. The average molecular weight is 544 g/mol. The SMILES string of the molecule is CCOc1ccc(Cc2cc([C@@H]3O[C@H](CSc4ccc(C(N)=O)cc4)[C@@H](O)[C@H](O)[C@H]3O)ccc2Cl)cc1. The van der Waals surface area contributed by atoms with Gasteiger partial charge in [-0.05, 0) is 72.5 Å². The lowest BCUT2D eigenvalue weighted by molar-refractivity contribution is -0.218. The highest BCUT2D eigenvalue weighted by Crippen LogP contribution is 2.36. The highest BCUT2D eigenvalue weighted by Gasteiger charge is 2.44. The molecule has 0 unspecified atom stereocenters. The van der Waals surface area contributed by atoms with Crippen LogP contribution in [0.1, 0.15) is 40.1 Å². The number of aliphatic hydroxyl groups is 3. The van der Waals surface area contributed by atoms with Crippen molar-refractivity contribution in [2.24, 2.45) is 5.73 Å². The van der Waals surface area contributed by atoms with Gasteiger partial charge in [0.05, 0.1) is 12.7 Å². The van der Waals surface area contributed by atoms with Crippen LogP contribution in [0.2, 0.25) is 5.02 Å². The van der Waals surface area contributed by atoms with E-state index in [4.69, 9.17) is 26.8 Å². The summed E-state index contributed by atoms with van der Waals surface area (Å²) in [5, 5.41) is 32.5. The van der Waals surface area contributed by atoms with E-state index in [9.17, 15) is 20.1 Å². The van der Waals surface area contributed by atoms with Crippen LogP contribution >= 0.6 is 23.4 Å². The molecule has 0 aromatic heterocycles. The molecule has 1 heterocycles. The van der Waals surface area contributed by atoms with Gasteiger partial charge >= 0.3 is 0 Å². The largest absolute Gasteiger partial charge is 0.494 e. The zero-order chi connectivity index (χ0) is 26.5. The monoisotopic (exact) mass is 543 g/mol. The second-order valence-electron chi connectivity index (χ2n) is 8.87. The Bertz CT molecular complexity index is 1210. The molecule has 3 aromatic carbocycles. The summed E-state index contributed by atoms with van der Waals surface area (Å²) in [5.74, 6) is 0.613. The Kier molecular flexibility index (Phi) is 9.13. The maximum Gasteiger partial charge on any atom is 0.248 e. The second-order valence-corrected chi connectivity index (χ2v) is 10.4. The fourth-order valence-electron chi connectivity index (χ4n) is 4.25. The predicted molar refractivity (Wildman–Crippen MR) is 143 cm³/mol. The van der Waals surface area contributed by atoms with Crippen LogP contribution in [0.15, 0.2) is 71.6 Å².